The van der Waals surface area contributed by atoms with Crippen molar-refractivity contribution in [2.45, 2.75) is 6.42 Å². The molecule has 0 amide bonds. The average molecular weight is 302 g/mol. The van der Waals surface area contributed by atoms with Crippen molar-refractivity contribution in [3.63, 3.8) is 0 Å². The fourth-order valence-corrected chi connectivity index (χ4v) is 2.52. The summed E-state index contributed by atoms with van der Waals surface area (Å²) in [6.07, 6.45) is 1.61. The van der Waals surface area contributed by atoms with Crippen LogP contribution in [0.3, 0.4) is 0 Å². The second-order valence-electron chi connectivity index (χ2n) is 4.65. The summed E-state index contributed by atoms with van der Waals surface area (Å²) in [6.45, 7) is 0. The fraction of sp³-hybridized carbons (Fsp3) is 0.0667. The van der Waals surface area contributed by atoms with Crippen LogP contribution in [-0.4, -0.2) is 20.5 Å². The molecule has 2 aromatic heterocycles. The normalized spacial score (nSPS) is 10.9. The Balaban J connectivity index is 2.30. The molecule has 3 aromatic rings. The lowest BCUT2D eigenvalue weighted by molar-refractivity contribution is -0.136. The van der Waals surface area contributed by atoms with E-state index in [0.29, 0.717) is 27.7 Å². The van der Waals surface area contributed by atoms with Crippen LogP contribution in [0.15, 0.2) is 42.6 Å². The van der Waals surface area contributed by atoms with Gasteiger partial charge in [-0.25, -0.2) is 4.98 Å². The van der Waals surface area contributed by atoms with E-state index in [1.165, 1.54) is 0 Å². The van der Waals surface area contributed by atoms with Crippen molar-refractivity contribution in [1.82, 2.24) is 9.38 Å². The quantitative estimate of drug-likeness (QED) is 0.729. The highest BCUT2D eigenvalue weighted by molar-refractivity contribution is 6.33. The lowest BCUT2D eigenvalue weighted by atomic mass is 10.1. The second-order valence-corrected chi connectivity index (χ2v) is 5.06. The molecule has 0 aliphatic rings. The Labute approximate surface area is 125 Å². The Morgan fingerprint density at radius 3 is 2.86 bits per heavy atom. The molecular weight excluding hydrogens is 290 g/mol. The summed E-state index contributed by atoms with van der Waals surface area (Å²) in [6, 6.07) is 10.7. The molecule has 0 fully saturated rings. The van der Waals surface area contributed by atoms with Crippen molar-refractivity contribution in [1.29, 1.82) is 0 Å². The molecule has 0 aliphatic heterocycles. The Morgan fingerprint density at radius 2 is 2.14 bits per heavy atom. The number of hydrogen-bond acceptors (Lipinski definition) is 3. The largest absolute Gasteiger partial charge is 0.481 e. The van der Waals surface area contributed by atoms with Crippen molar-refractivity contribution >= 4 is 28.9 Å². The van der Waals surface area contributed by atoms with Crippen molar-refractivity contribution in [3.8, 4) is 11.3 Å². The van der Waals surface area contributed by atoms with Gasteiger partial charge < -0.3 is 15.2 Å². The molecule has 0 saturated heterocycles. The first-order chi connectivity index (χ1) is 10.1. The van der Waals surface area contributed by atoms with Gasteiger partial charge in [-0.3, -0.25) is 4.79 Å². The van der Waals surface area contributed by atoms with E-state index in [2.05, 4.69) is 4.98 Å². The molecule has 6 heteroatoms. The molecule has 2 heterocycles. The van der Waals surface area contributed by atoms with Gasteiger partial charge in [-0.05, 0) is 24.3 Å². The van der Waals surface area contributed by atoms with Gasteiger partial charge in [-0.2, -0.15) is 0 Å². The van der Waals surface area contributed by atoms with Gasteiger partial charge in [0.2, 0.25) is 0 Å². The highest BCUT2D eigenvalue weighted by atomic mass is 35.5. The predicted molar refractivity (Wildman–Crippen MR) is 81.4 cm³/mol. The lowest BCUT2D eigenvalue weighted by Crippen LogP contribution is -2.04. The molecule has 0 bridgehead atoms. The van der Waals surface area contributed by atoms with Crippen LogP contribution in [0.5, 0.6) is 0 Å². The second kappa shape index (κ2) is 5.10. The number of halogens is 1. The molecule has 0 spiro atoms. The van der Waals surface area contributed by atoms with E-state index in [4.69, 9.17) is 22.4 Å². The molecule has 21 heavy (non-hydrogen) atoms. The summed E-state index contributed by atoms with van der Waals surface area (Å²) in [7, 11) is 0. The Morgan fingerprint density at radius 1 is 1.33 bits per heavy atom. The molecule has 5 nitrogen and oxygen atoms in total. The fourth-order valence-electron chi connectivity index (χ4n) is 2.31. The SMILES string of the molecule is Nc1cccc(-c2nc3c(Cl)cccn3c2CC(=O)O)c1. The average Bonchev–Trinajstić information content (AvgIpc) is 2.79. The van der Waals surface area contributed by atoms with Crippen LogP contribution in [0, 0.1) is 0 Å². The zero-order valence-corrected chi connectivity index (χ0v) is 11.7. The highest BCUT2D eigenvalue weighted by Crippen LogP contribution is 2.28. The number of fused-ring (bicyclic) bond motifs is 1. The first-order valence-corrected chi connectivity index (χ1v) is 6.67. The van der Waals surface area contributed by atoms with Gasteiger partial charge in [0.1, 0.15) is 0 Å². The maximum Gasteiger partial charge on any atom is 0.309 e. The van der Waals surface area contributed by atoms with Crippen LogP contribution in [0.4, 0.5) is 5.69 Å². The van der Waals surface area contributed by atoms with Crippen LogP contribution < -0.4 is 5.73 Å². The molecule has 0 radical (unpaired) electrons. The van der Waals surface area contributed by atoms with E-state index >= 15 is 0 Å². The molecular formula is C15H12ClN3O2. The number of nitrogen functional groups attached to an aromatic ring is 1. The third-order valence-corrected chi connectivity index (χ3v) is 3.48. The monoisotopic (exact) mass is 301 g/mol. The Hall–Kier alpha value is -2.53. The van der Waals surface area contributed by atoms with Gasteiger partial charge in [0.25, 0.3) is 0 Å². The van der Waals surface area contributed by atoms with E-state index < -0.39 is 5.97 Å². The number of imidazole rings is 1. The van der Waals surface area contributed by atoms with Crippen LogP contribution >= 0.6 is 11.6 Å². The number of rotatable bonds is 3. The molecule has 106 valence electrons. The molecule has 3 rings (SSSR count). The van der Waals surface area contributed by atoms with E-state index in [1.54, 1.807) is 40.9 Å². The number of hydrogen-bond donors (Lipinski definition) is 2. The molecule has 3 N–H and O–H groups in total. The summed E-state index contributed by atoms with van der Waals surface area (Å²) >= 11 is 6.14. The zero-order valence-electron chi connectivity index (χ0n) is 11.0. The van der Waals surface area contributed by atoms with E-state index in [9.17, 15) is 4.79 Å². The van der Waals surface area contributed by atoms with Gasteiger partial charge in [-0.15, -0.1) is 0 Å². The number of pyridine rings is 1. The van der Waals surface area contributed by atoms with E-state index in [-0.39, 0.29) is 6.42 Å². The summed E-state index contributed by atoms with van der Waals surface area (Å²) in [5.74, 6) is -0.929. The van der Waals surface area contributed by atoms with Gasteiger partial charge >= 0.3 is 5.97 Å². The molecule has 0 aliphatic carbocycles. The first kappa shape index (κ1) is 13.5. The van der Waals surface area contributed by atoms with Crippen LogP contribution in [0.2, 0.25) is 5.02 Å². The highest BCUT2D eigenvalue weighted by Gasteiger charge is 2.18. The number of benzene rings is 1. The van der Waals surface area contributed by atoms with Crippen molar-refractivity contribution in [2.75, 3.05) is 5.73 Å². The molecule has 1 aromatic carbocycles. The van der Waals surface area contributed by atoms with Gasteiger partial charge in [0.05, 0.1) is 22.8 Å². The summed E-state index contributed by atoms with van der Waals surface area (Å²) in [5, 5.41) is 9.61. The lowest BCUT2D eigenvalue weighted by Gasteiger charge is -2.03. The Kier molecular flexibility index (Phi) is 3.27. The summed E-state index contributed by atoms with van der Waals surface area (Å²) in [5.41, 5.74) is 8.85. The number of anilines is 1. The number of carboxylic acid groups (broad SMARTS) is 1. The van der Waals surface area contributed by atoms with Crippen molar-refractivity contribution in [2.24, 2.45) is 0 Å². The summed E-state index contributed by atoms with van der Waals surface area (Å²) in [4.78, 5) is 15.6. The van der Waals surface area contributed by atoms with Crippen molar-refractivity contribution in [3.05, 3.63) is 53.3 Å². The number of aromatic nitrogens is 2. The van der Waals surface area contributed by atoms with Crippen molar-refractivity contribution < 1.29 is 9.90 Å². The minimum atomic E-state index is -0.929. The van der Waals surface area contributed by atoms with E-state index in [1.807, 2.05) is 6.07 Å². The number of aliphatic carboxylic acids is 1. The zero-order chi connectivity index (χ0) is 15.0. The topological polar surface area (TPSA) is 80.6 Å². The third kappa shape index (κ3) is 2.43. The Bertz CT molecular complexity index is 842. The maximum atomic E-state index is 11.1. The van der Waals surface area contributed by atoms with E-state index in [0.717, 1.165) is 5.56 Å². The molecule has 0 atom stereocenters. The van der Waals surface area contributed by atoms with Crippen LogP contribution in [0.25, 0.3) is 16.9 Å². The number of nitrogens with zero attached hydrogens (tertiary/aromatic N) is 2. The third-order valence-electron chi connectivity index (χ3n) is 3.18. The number of nitrogens with two attached hydrogens (primary N) is 1. The minimum Gasteiger partial charge on any atom is -0.481 e. The predicted octanol–water partition coefficient (Wildman–Crippen LogP) is 2.86. The van der Waals surface area contributed by atoms with Gasteiger partial charge in [0, 0.05) is 17.4 Å². The summed E-state index contributed by atoms with van der Waals surface area (Å²) < 4.78 is 1.70. The van der Waals surface area contributed by atoms with Gasteiger partial charge in [0.15, 0.2) is 5.65 Å². The maximum absolute atomic E-state index is 11.1. The minimum absolute atomic E-state index is 0.147. The first-order valence-electron chi connectivity index (χ1n) is 6.29. The molecule has 0 unspecified atom stereocenters. The van der Waals surface area contributed by atoms with Gasteiger partial charge in [-0.1, -0.05) is 23.7 Å². The van der Waals surface area contributed by atoms with Crippen LogP contribution in [0.1, 0.15) is 5.69 Å². The number of carbonyl (C=O) groups is 1. The van der Waals surface area contributed by atoms with Crippen LogP contribution in [-0.2, 0) is 11.2 Å². The standard InChI is InChI=1S/C15H12ClN3O2/c16-11-5-2-6-19-12(8-13(20)21)14(18-15(11)19)9-3-1-4-10(17)7-9/h1-7H,8,17H2,(H,20,21). The molecule has 0 saturated carbocycles. The number of carboxylic acids is 1. The smallest absolute Gasteiger partial charge is 0.309 e.